The van der Waals surface area contributed by atoms with Gasteiger partial charge in [0, 0.05) is 47.2 Å². The van der Waals surface area contributed by atoms with Crippen molar-refractivity contribution >= 4 is 23.2 Å². The quantitative estimate of drug-likeness (QED) is 0.668. The van der Waals surface area contributed by atoms with E-state index >= 15 is 0 Å². The molecule has 2 aromatic heterocycles. The fourth-order valence-corrected chi connectivity index (χ4v) is 5.09. The first-order valence-electron chi connectivity index (χ1n) is 9.95. The molecule has 2 aromatic rings. The van der Waals surface area contributed by atoms with Gasteiger partial charge < -0.3 is 16.0 Å². The number of thiophene rings is 1. The van der Waals surface area contributed by atoms with E-state index in [1.165, 1.54) is 0 Å². The highest BCUT2D eigenvalue weighted by Gasteiger charge is 2.30. The number of hydrogen-bond donors (Lipinski definition) is 3. The molecule has 1 aliphatic heterocycles. The zero-order valence-corrected chi connectivity index (χ0v) is 18.7. The van der Waals surface area contributed by atoms with Crippen LogP contribution >= 0.6 is 11.3 Å². The Kier molecular flexibility index (Phi) is 5.98. The third kappa shape index (κ3) is 5.35. The largest absolute Gasteiger partial charge is 0.384 e. The third-order valence-corrected chi connectivity index (χ3v) is 6.23. The number of hydrogen-bond acceptors (Lipinski definition) is 6. The maximum absolute atomic E-state index is 12.1. The highest BCUT2D eigenvalue weighted by atomic mass is 32.1. The average Bonchev–Trinajstić information content (AvgIpc) is 3.07. The second-order valence-corrected chi connectivity index (χ2v) is 10.2. The van der Waals surface area contributed by atoms with Gasteiger partial charge in [-0.2, -0.15) is 0 Å². The molecule has 29 heavy (non-hydrogen) atoms. The predicted octanol–water partition coefficient (Wildman–Crippen LogP) is 3.98. The normalized spacial score (nSPS) is 18.8. The Morgan fingerprint density at radius 3 is 2.83 bits per heavy atom. The van der Waals surface area contributed by atoms with Gasteiger partial charge in [0.2, 0.25) is 11.9 Å². The van der Waals surface area contributed by atoms with Crippen LogP contribution in [0.15, 0.2) is 36.7 Å². The number of carbonyl (C=O) groups is 1. The smallest absolute Gasteiger partial charge is 0.225 e. The van der Waals surface area contributed by atoms with Crippen LogP contribution in [0.5, 0.6) is 0 Å². The van der Waals surface area contributed by atoms with Crippen molar-refractivity contribution in [2.75, 3.05) is 12.4 Å². The fraction of sp³-hybridized carbons (Fsp3) is 0.500. The van der Waals surface area contributed by atoms with Crippen molar-refractivity contribution in [1.29, 1.82) is 0 Å². The van der Waals surface area contributed by atoms with Crippen LogP contribution in [0.3, 0.4) is 0 Å². The summed E-state index contributed by atoms with van der Waals surface area (Å²) in [5.74, 6) is 0.686. The monoisotopic (exact) mass is 413 g/mol. The van der Waals surface area contributed by atoms with E-state index in [-0.39, 0.29) is 17.5 Å². The highest BCUT2D eigenvalue weighted by molar-refractivity contribution is 7.15. The lowest BCUT2D eigenvalue weighted by Crippen LogP contribution is -2.48. The average molecular weight is 414 g/mol. The van der Waals surface area contributed by atoms with E-state index in [1.54, 1.807) is 24.6 Å². The number of nitrogens with zero attached hydrogens (tertiary/aromatic N) is 2. The Hall–Kier alpha value is -2.41. The summed E-state index contributed by atoms with van der Waals surface area (Å²) in [6.07, 6.45) is 4.31. The van der Waals surface area contributed by atoms with E-state index in [0.717, 1.165) is 34.0 Å². The number of nitrogens with one attached hydrogen (secondary N) is 3. The summed E-state index contributed by atoms with van der Waals surface area (Å²) in [6.45, 7) is 12.4. The molecule has 1 atom stereocenters. The Morgan fingerprint density at radius 2 is 2.14 bits per heavy atom. The van der Waals surface area contributed by atoms with Crippen molar-refractivity contribution < 1.29 is 4.79 Å². The summed E-state index contributed by atoms with van der Waals surface area (Å²) in [5, 5.41) is 9.66. The molecular weight excluding hydrogens is 382 g/mol. The Labute approximate surface area is 177 Å². The lowest BCUT2D eigenvalue weighted by molar-refractivity contribution is -0.128. The number of amides is 1. The lowest BCUT2D eigenvalue weighted by Gasteiger charge is -2.38. The van der Waals surface area contributed by atoms with Crippen molar-refractivity contribution in [3.8, 4) is 10.6 Å². The molecule has 0 radical (unpaired) electrons. The molecule has 0 spiro atoms. The zero-order valence-electron chi connectivity index (χ0n) is 17.9. The molecule has 1 amide bonds. The summed E-state index contributed by atoms with van der Waals surface area (Å²) in [4.78, 5) is 23.5. The van der Waals surface area contributed by atoms with Gasteiger partial charge in [0.1, 0.15) is 0 Å². The van der Waals surface area contributed by atoms with Gasteiger partial charge in [-0.1, -0.05) is 20.4 Å². The molecule has 1 saturated heterocycles. The van der Waals surface area contributed by atoms with Crippen LogP contribution in [0.2, 0.25) is 0 Å². The first kappa shape index (κ1) is 21.3. The number of piperidine rings is 1. The number of rotatable bonds is 6. The Bertz CT molecular complexity index is 902. The maximum Gasteiger partial charge on any atom is 0.225 e. The number of anilines is 1. The number of carbonyl (C=O) groups excluding carboxylic acids is 1. The summed E-state index contributed by atoms with van der Waals surface area (Å²) in [7, 11) is 1.68. The Balaban J connectivity index is 1.72. The first-order chi connectivity index (χ1) is 13.6. The van der Waals surface area contributed by atoms with Gasteiger partial charge >= 0.3 is 0 Å². The van der Waals surface area contributed by atoms with E-state index in [1.807, 2.05) is 19.9 Å². The Morgan fingerprint density at radius 1 is 1.38 bits per heavy atom. The molecule has 3 rings (SSSR count). The SMILES string of the molecule is C=C1CC(Nc2nccc(-c3ccc(CC(C)(C)C(=O)NC)s3)n2)CC(C)(C)N1. The molecule has 1 unspecified atom stereocenters. The predicted molar refractivity (Wildman–Crippen MR) is 120 cm³/mol. The van der Waals surface area contributed by atoms with E-state index in [0.29, 0.717) is 12.4 Å². The van der Waals surface area contributed by atoms with Gasteiger partial charge in [-0.3, -0.25) is 4.79 Å². The molecular formula is C22H31N5OS. The van der Waals surface area contributed by atoms with Crippen molar-refractivity contribution in [3.05, 3.63) is 41.5 Å². The van der Waals surface area contributed by atoms with Crippen LogP contribution in [-0.4, -0.2) is 34.5 Å². The van der Waals surface area contributed by atoms with E-state index < -0.39 is 5.41 Å². The van der Waals surface area contributed by atoms with Crippen molar-refractivity contribution in [3.63, 3.8) is 0 Å². The molecule has 3 N–H and O–H groups in total. The van der Waals surface area contributed by atoms with E-state index in [4.69, 9.17) is 4.98 Å². The van der Waals surface area contributed by atoms with E-state index in [9.17, 15) is 4.79 Å². The minimum Gasteiger partial charge on any atom is -0.384 e. The summed E-state index contributed by atoms with van der Waals surface area (Å²) < 4.78 is 0. The molecule has 0 aromatic carbocycles. The van der Waals surface area contributed by atoms with Gasteiger partial charge in [-0.15, -0.1) is 11.3 Å². The molecule has 3 heterocycles. The fourth-order valence-electron chi connectivity index (χ4n) is 3.88. The van der Waals surface area contributed by atoms with Gasteiger partial charge in [0.25, 0.3) is 0 Å². The molecule has 0 bridgehead atoms. The molecule has 156 valence electrons. The molecule has 0 saturated carbocycles. The zero-order chi connectivity index (χ0) is 21.2. The van der Waals surface area contributed by atoms with Crippen molar-refractivity contribution in [2.24, 2.45) is 5.41 Å². The van der Waals surface area contributed by atoms with E-state index in [2.05, 4.69) is 53.5 Å². The summed E-state index contributed by atoms with van der Waals surface area (Å²) in [6, 6.07) is 6.33. The van der Waals surface area contributed by atoms with Gasteiger partial charge in [-0.25, -0.2) is 9.97 Å². The second kappa shape index (κ2) is 8.14. The van der Waals surface area contributed by atoms with Crippen LogP contribution < -0.4 is 16.0 Å². The minimum atomic E-state index is -0.445. The standard InChI is InChI=1S/C22H31N5OS/c1-14-11-15(12-22(4,5)27-14)25-20-24-10-9-17(26-20)18-8-7-16(29-18)13-21(2,3)19(28)23-6/h7-10,15,27H,1,11-13H2,2-6H3,(H,23,28)(H,24,25,26). The molecule has 6 nitrogen and oxygen atoms in total. The lowest BCUT2D eigenvalue weighted by atomic mass is 9.87. The highest BCUT2D eigenvalue weighted by Crippen LogP contribution is 2.32. The van der Waals surface area contributed by atoms with Crippen LogP contribution in [0.4, 0.5) is 5.95 Å². The minimum absolute atomic E-state index is 0.00481. The molecule has 1 aliphatic rings. The van der Waals surface area contributed by atoms with Crippen LogP contribution in [0.1, 0.15) is 45.4 Å². The van der Waals surface area contributed by atoms with Gasteiger partial charge in [0.05, 0.1) is 10.6 Å². The summed E-state index contributed by atoms with van der Waals surface area (Å²) >= 11 is 1.67. The van der Waals surface area contributed by atoms with Crippen LogP contribution in [0.25, 0.3) is 10.6 Å². The maximum atomic E-state index is 12.1. The summed E-state index contributed by atoms with van der Waals surface area (Å²) in [5.41, 5.74) is 1.49. The van der Waals surface area contributed by atoms with Gasteiger partial charge in [0.15, 0.2) is 0 Å². The molecule has 0 aliphatic carbocycles. The second-order valence-electron chi connectivity index (χ2n) is 9.03. The van der Waals surface area contributed by atoms with Crippen molar-refractivity contribution in [2.45, 2.75) is 58.5 Å². The molecule has 7 heteroatoms. The third-order valence-electron chi connectivity index (χ3n) is 5.13. The number of aromatic nitrogens is 2. The van der Waals surface area contributed by atoms with Crippen LogP contribution in [0, 0.1) is 5.41 Å². The van der Waals surface area contributed by atoms with Gasteiger partial charge in [-0.05, 0) is 44.9 Å². The van der Waals surface area contributed by atoms with Crippen molar-refractivity contribution in [1.82, 2.24) is 20.6 Å². The first-order valence-corrected chi connectivity index (χ1v) is 10.8. The molecule has 1 fully saturated rings. The topological polar surface area (TPSA) is 78.9 Å². The van der Waals surface area contributed by atoms with Crippen LogP contribution in [-0.2, 0) is 11.2 Å².